The van der Waals surface area contributed by atoms with E-state index in [2.05, 4.69) is 25.3 Å². The largest absolute Gasteiger partial charge is 0.365 e. The third-order valence-electron chi connectivity index (χ3n) is 5.26. The van der Waals surface area contributed by atoms with Crippen LogP contribution in [-0.2, 0) is 6.42 Å². The number of fused-ring (bicyclic) bond motifs is 1. The topological polar surface area (TPSA) is 58.4 Å². The lowest BCUT2D eigenvalue weighted by Crippen LogP contribution is -2.32. The molecule has 6 nitrogen and oxygen atoms in total. The fraction of sp³-hybridized carbons (Fsp3) is 0.421. The van der Waals surface area contributed by atoms with Gasteiger partial charge in [-0.15, -0.1) is 0 Å². The third kappa shape index (κ3) is 3.19. The number of benzene rings is 1. The third-order valence-corrected chi connectivity index (χ3v) is 5.26. The fourth-order valence-electron chi connectivity index (χ4n) is 3.89. The first kappa shape index (κ1) is 18.7. The molecule has 1 N–H and O–H groups in total. The van der Waals surface area contributed by atoms with E-state index in [-0.39, 0.29) is 12.1 Å². The maximum absolute atomic E-state index is 13.9. The summed E-state index contributed by atoms with van der Waals surface area (Å²) in [6, 6.07) is 3.64. The van der Waals surface area contributed by atoms with Crippen LogP contribution >= 0.6 is 0 Å². The van der Waals surface area contributed by atoms with Gasteiger partial charge < -0.3 is 5.32 Å². The van der Waals surface area contributed by atoms with Crippen molar-refractivity contribution in [1.82, 2.24) is 24.5 Å². The number of nitrogens with one attached hydrogen (secondary N) is 1. The number of hydrogen-bond acceptors (Lipinski definition) is 5. The number of hydrogen-bond donors (Lipinski definition) is 1. The van der Waals surface area contributed by atoms with Gasteiger partial charge in [0.2, 0.25) is 0 Å². The second-order valence-corrected chi connectivity index (χ2v) is 6.87. The molecule has 1 saturated heterocycles. The van der Waals surface area contributed by atoms with Gasteiger partial charge in [0.1, 0.15) is 12.1 Å². The molecule has 1 aromatic carbocycles. The number of likely N-dealkylation sites (N-methyl/N-ethyl adjacent to an activating group) is 1. The van der Waals surface area contributed by atoms with Crippen LogP contribution in [0.3, 0.4) is 0 Å². The molecule has 0 saturated carbocycles. The van der Waals surface area contributed by atoms with Gasteiger partial charge in [-0.05, 0) is 37.1 Å². The molecular weight excluding hydrogens is 369 g/mol. The normalized spacial score (nSPS) is 20.2. The summed E-state index contributed by atoms with van der Waals surface area (Å²) in [7, 11) is 0. The Balaban J connectivity index is 1.72. The molecule has 1 aliphatic rings. The van der Waals surface area contributed by atoms with Gasteiger partial charge in [-0.25, -0.2) is 18.2 Å². The van der Waals surface area contributed by atoms with E-state index in [1.807, 2.05) is 19.9 Å². The second-order valence-electron chi connectivity index (χ2n) is 6.87. The zero-order valence-electron chi connectivity index (χ0n) is 15.7. The van der Waals surface area contributed by atoms with Crippen molar-refractivity contribution in [2.75, 3.05) is 18.4 Å². The first-order chi connectivity index (χ1) is 13.5. The van der Waals surface area contributed by atoms with Crippen molar-refractivity contribution in [1.29, 1.82) is 0 Å². The molecule has 1 aliphatic heterocycles. The summed E-state index contributed by atoms with van der Waals surface area (Å²) in [6.45, 7) is 5.45. The molecule has 2 unspecified atom stereocenters. The number of rotatable bonds is 5. The Morgan fingerprint density at radius 3 is 2.57 bits per heavy atom. The highest BCUT2D eigenvalue weighted by atomic mass is 19.2. The zero-order chi connectivity index (χ0) is 19.8. The van der Waals surface area contributed by atoms with Crippen molar-refractivity contribution in [3.63, 3.8) is 0 Å². The molecule has 4 rings (SSSR count). The fourth-order valence-corrected chi connectivity index (χ4v) is 3.89. The Labute approximate surface area is 160 Å². The molecule has 148 valence electrons. The zero-order valence-corrected chi connectivity index (χ0v) is 15.7. The first-order valence-electron chi connectivity index (χ1n) is 9.36. The number of aryl methyl sites for hydroxylation is 1. The van der Waals surface area contributed by atoms with Crippen LogP contribution in [0.5, 0.6) is 0 Å². The minimum absolute atomic E-state index is 0.135. The Hall–Kier alpha value is -2.68. The highest BCUT2D eigenvalue weighted by Crippen LogP contribution is 2.35. The van der Waals surface area contributed by atoms with Gasteiger partial charge in [-0.3, -0.25) is 4.90 Å². The number of anilines is 1. The minimum Gasteiger partial charge on any atom is -0.365 e. The van der Waals surface area contributed by atoms with E-state index in [0.717, 1.165) is 43.0 Å². The van der Waals surface area contributed by atoms with Crippen LogP contribution in [0, 0.1) is 17.5 Å². The lowest BCUT2D eigenvalue weighted by Gasteiger charge is -2.29. The highest BCUT2D eigenvalue weighted by Gasteiger charge is 2.36. The average Bonchev–Trinajstić information content (AvgIpc) is 3.32. The molecule has 9 heteroatoms. The average molecular weight is 390 g/mol. The highest BCUT2D eigenvalue weighted by molar-refractivity contribution is 5.46. The van der Waals surface area contributed by atoms with Crippen LogP contribution in [-0.4, -0.2) is 43.6 Å². The van der Waals surface area contributed by atoms with E-state index >= 15 is 0 Å². The Bertz CT molecular complexity index is 981. The van der Waals surface area contributed by atoms with Crippen LogP contribution in [0.15, 0.2) is 24.5 Å². The van der Waals surface area contributed by atoms with Crippen molar-refractivity contribution in [3.8, 4) is 0 Å². The smallest absolute Gasteiger partial charge is 0.254 e. The standard InChI is InChI=1S/C19H21F3N6/c1-3-12-9-16(28-19(25-12)23-10-24-28)26-15-5-6-27(4-2)18(15)11-7-13(20)17(22)14(21)8-11/h7-10,15,18,26H,3-6H2,1-2H3. The summed E-state index contributed by atoms with van der Waals surface area (Å²) in [5.41, 5.74) is 1.27. The predicted molar refractivity (Wildman–Crippen MR) is 98.5 cm³/mol. The molecule has 2 aromatic heterocycles. The quantitative estimate of drug-likeness (QED) is 0.677. The van der Waals surface area contributed by atoms with Gasteiger partial charge in [0.15, 0.2) is 17.5 Å². The van der Waals surface area contributed by atoms with Crippen LogP contribution in [0.25, 0.3) is 5.78 Å². The van der Waals surface area contributed by atoms with Crippen LogP contribution in [0.1, 0.15) is 37.6 Å². The van der Waals surface area contributed by atoms with E-state index in [0.29, 0.717) is 17.9 Å². The van der Waals surface area contributed by atoms with Gasteiger partial charge in [0.25, 0.3) is 5.78 Å². The van der Waals surface area contributed by atoms with E-state index < -0.39 is 17.5 Å². The summed E-state index contributed by atoms with van der Waals surface area (Å²) in [5, 5.41) is 7.66. The molecule has 0 aliphatic carbocycles. The van der Waals surface area contributed by atoms with Crippen molar-refractivity contribution in [2.24, 2.45) is 0 Å². The van der Waals surface area contributed by atoms with Gasteiger partial charge in [0, 0.05) is 24.3 Å². The molecule has 2 atom stereocenters. The summed E-state index contributed by atoms with van der Waals surface area (Å²) in [6.07, 6.45) is 2.93. The molecule has 3 aromatic rings. The Morgan fingerprint density at radius 1 is 1.14 bits per heavy atom. The lowest BCUT2D eigenvalue weighted by molar-refractivity contribution is 0.263. The summed E-state index contributed by atoms with van der Waals surface area (Å²) in [4.78, 5) is 10.7. The summed E-state index contributed by atoms with van der Waals surface area (Å²) >= 11 is 0. The van der Waals surface area contributed by atoms with E-state index in [1.54, 1.807) is 4.52 Å². The van der Waals surface area contributed by atoms with Crippen LogP contribution in [0.4, 0.5) is 19.0 Å². The molecule has 0 bridgehead atoms. The van der Waals surface area contributed by atoms with Crippen LogP contribution < -0.4 is 5.32 Å². The second kappa shape index (κ2) is 7.38. The summed E-state index contributed by atoms with van der Waals surface area (Å²) in [5.74, 6) is -2.58. The molecule has 1 fully saturated rings. The van der Waals surface area contributed by atoms with Crippen molar-refractivity contribution >= 4 is 11.6 Å². The number of likely N-dealkylation sites (tertiary alicyclic amines) is 1. The van der Waals surface area contributed by atoms with Gasteiger partial charge in [0.05, 0.1) is 6.04 Å². The monoisotopic (exact) mass is 390 g/mol. The molecule has 3 heterocycles. The lowest BCUT2D eigenvalue weighted by atomic mass is 9.99. The SMILES string of the molecule is CCc1cc(NC2CCN(CC)C2c2cc(F)c(F)c(F)c2)n2ncnc2n1. The maximum atomic E-state index is 13.9. The molecule has 0 spiro atoms. The van der Waals surface area contributed by atoms with Gasteiger partial charge >= 0.3 is 0 Å². The van der Waals surface area contributed by atoms with Gasteiger partial charge in [-0.1, -0.05) is 13.8 Å². The number of nitrogens with zero attached hydrogens (tertiary/aromatic N) is 5. The molecular formula is C19H21F3N6. The number of aromatic nitrogens is 4. The van der Waals surface area contributed by atoms with Crippen molar-refractivity contribution < 1.29 is 13.2 Å². The van der Waals surface area contributed by atoms with Gasteiger partial charge in [-0.2, -0.15) is 14.6 Å². The Kier molecular flexibility index (Phi) is 4.92. The van der Waals surface area contributed by atoms with Crippen molar-refractivity contribution in [2.45, 2.75) is 38.8 Å². The minimum atomic E-state index is -1.44. The summed E-state index contributed by atoms with van der Waals surface area (Å²) < 4.78 is 42.8. The van der Waals surface area contributed by atoms with E-state index in [9.17, 15) is 13.2 Å². The molecule has 28 heavy (non-hydrogen) atoms. The molecule has 0 amide bonds. The molecule has 0 radical (unpaired) electrons. The van der Waals surface area contributed by atoms with E-state index in [1.165, 1.54) is 6.33 Å². The number of halogens is 3. The van der Waals surface area contributed by atoms with Crippen LogP contribution in [0.2, 0.25) is 0 Å². The van der Waals surface area contributed by atoms with E-state index in [4.69, 9.17) is 0 Å². The van der Waals surface area contributed by atoms with Crippen molar-refractivity contribution in [3.05, 3.63) is 53.2 Å². The predicted octanol–water partition coefficient (Wildman–Crippen LogP) is 3.35. The maximum Gasteiger partial charge on any atom is 0.254 e. The Morgan fingerprint density at radius 2 is 1.89 bits per heavy atom. The first-order valence-corrected chi connectivity index (χ1v) is 9.36.